The third-order valence-electron chi connectivity index (χ3n) is 8.82. The molecule has 4 heteroatoms. The standard InChI is InChI=1S/C43H28N4/c1-3-14-29(15-4-1)37-27-31-18-7-8-19-32(31)28-38(37)43-45-41(30-16-5-2-6-17-30)44-42(46-43)33-20-13-21-34(26-33)47-39-24-11-9-22-35(39)36-23-10-12-25-40(36)47/h1-28H. The fourth-order valence-corrected chi connectivity index (χ4v) is 6.61. The average Bonchev–Trinajstić information content (AvgIpc) is 3.49. The van der Waals surface area contributed by atoms with Crippen LogP contribution in [0.2, 0.25) is 0 Å². The van der Waals surface area contributed by atoms with Crippen LogP contribution in [0.4, 0.5) is 0 Å². The molecule has 47 heavy (non-hydrogen) atoms. The van der Waals surface area contributed by atoms with E-state index in [9.17, 15) is 0 Å². The Hall–Kier alpha value is -6.39. The van der Waals surface area contributed by atoms with Gasteiger partial charge >= 0.3 is 0 Å². The van der Waals surface area contributed by atoms with Crippen LogP contribution in [0.1, 0.15) is 0 Å². The molecule has 9 rings (SSSR count). The van der Waals surface area contributed by atoms with Gasteiger partial charge in [-0.25, -0.2) is 15.0 Å². The van der Waals surface area contributed by atoms with Gasteiger partial charge in [-0.1, -0.05) is 133 Å². The van der Waals surface area contributed by atoms with E-state index in [1.54, 1.807) is 0 Å². The van der Waals surface area contributed by atoms with Gasteiger partial charge < -0.3 is 4.57 Å². The molecule has 0 N–H and O–H groups in total. The summed E-state index contributed by atoms with van der Waals surface area (Å²) in [4.78, 5) is 15.4. The zero-order valence-electron chi connectivity index (χ0n) is 25.5. The number of fused-ring (bicyclic) bond motifs is 4. The van der Waals surface area contributed by atoms with Crippen LogP contribution >= 0.6 is 0 Å². The van der Waals surface area contributed by atoms with Crippen LogP contribution < -0.4 is 0 Å². The summed E-state index contributed by atoms with van der Waals surface area (Å²) in [5.74, 6) is 1.91. The Balaban J connectivity index is 1.28. The zero-order chi connectivity index (χ0) is 31.2. The molecule has 0 saturated carbocycles. The third kappa shape index (κ3) is 4.75. The van der Waals surface area contributed by atoms with Crippen molar-refractivity contribution in [2.45, 2.75) is 0 Å². The molecule has 0 aliphatic carbocycles. The molecule has 0 fully saturated rings. The van der Waals surface area contributed by atoms with Gasteiger partial charge in [0.2, 0.25) is 0 Å². The van der Waals surface area contributed by atoms with E-state index < -0.39 is 0 Å². The number of nitrogens with zero attached hydrogens (tertiary/aromatic N) is 4. The summed E-state index contributed by atoms with van der Waals surface area (Å²) in [6, 6.07) is 59.2. The molecule has 0 spiro atoms. The second-order valence-corrected chi connectivity index (χ2v) is 11.7. The summed E-state index contributed by atoms with van der Waals surface area (Å²) < 4.78 is 2.32. The van der Waals surface area contributed by atoms with Crippen molar-refractivity contribution in [1.82, 2.24) is 19.5 Å². The van der Waals surface area contributed by atoms with E-state index >= 15 is 0 Å². The molecule has 7 aromatic carbocycles. The van der Waals surface area contributed by atoms with Crippen LogP contribution in [-0.4, -0.2) is 19.5 Å². The minimum atomic E-state index is 0.628. The first-order chi connectivity index (χ1) is 23.3. The lowest BCUT2D eigenvalue weighted by atomic mass is 9.95. The molecule has 0 atom stereocenters. The second kappa shape index (κ2) is 11.2. The average molecular weight is 601 g/mol. The molecular weight excluding hydrogens is 573 g/mol. The van der Waals surface area contributed by atoms with Crippen molar-refractivity contribution < 1.29 is 0 Å². The maximum absolute atomic E-state index is 5.21. The van der Waals surface area contributed by atoms with Crippen molar-refractivity contribution in [3.05, 3.63) is 170 Å². The van der Waals surface area contributed by atoms with Crippen molar-refractivity contribution in [3.63, 3.8) is 0 Å². The molecule has 0 bridgehead atoms. The molecule has 0 radical (unpaired) electrons. The molecule has 220 valence electrons. The minimum Gasteiger partial charge on any atom is -0.309 e. The lowest BCUT2D eigenvalue weighted by Crippen LogP contribution is -2.02. The van der Waals surface area contributed by atoms with Gasteiger partial charge in [-0.15, -0.1) is 0 Å². The molecule has 2 aromatic heterocycles. The molecule has 0 aliphatic heterocycles. The summed E-state index contributed by atoms with van der Waals surface area (Å²) >= 11 is 0. The highest BCUT2D eigenvalue weighted by Gasteiger charge is 2.18. The Morgan fingerprint density at radius 2 is 0.830 bits per heavy atom. The van der Waals surface area contributed by atoms with Crippen molar-refractivity contribution >= 4 is 32.6 Å². The van der Waals surface area contributed by atoms with E-state index in [1.165, 1.54) is 16.2 Å². The van der Waals surface area contributed by atoms with E-state index in [2.05, 4.69) is 150 Å². The van der Waals surface area contributed by atoms with E-state index in [-0.39, 0.29) is 0 Å². The lowest BCUT2D eigenvalue weighted by Gasteiger charge is -2.14. The van der Waals surface area contributed by atoms with Crippen molar-refractivity contribution in [1.29, 1.82) is 0 Å². The first kappa shape index (κ1) is 27.0. The SMILES string of the molecule is c1ccc(-c2nc(-c3cccc(-n4c5ccccc5c5ccccc54)c3)nc(-c3cc4ccccc4cc3-c3ccccc3)n2)cc1. The Kier molecular flexibility index (Phi) is 6.43. The maximum Gasteiger partial charge on any atom is 0.164 e. The summed E-state index contributed by atoms with van der Waals surface area (Å²) in [7, 11) is 0. The van der Waals surface area contributed by atoms with E-state index in [1.807, 2.05) is 24.3 Å². The first-order valence-corrected chi connectivity index (χ1v) is 15.8. The molecule has 0 amide bonds. The predicted molar refractivity (Wildman–Crippen MR) is 193 cm³/mol. The zero-order valence-corrected chi connectivity index (χ0v) is 25.5. The number of hydrogen-bond acceptors (Lipinski definition) is 3. The van der Waals surface area contributed by atoms with E-state index in [4.69, 9.17) is 15.0 Å². The van der Waals surface area contributed by atoms with Crippen LogP contribution in [0.25, 0.3) is 83.6 Å². The normalized spacial score (nSPS) is 11.4. The second-order valence-electron chi connectivity index (χ2n) is 11.7. The monoisotopic (exact) mass is 600 g/mol. The van der Waals surface area contributed by atoms with Gasteiger partial charge in [0.15, 0.2) is 17.5 Å². The fraction of sp³-hybridized carbons (Fsp3) is 0. The summed E-state index contributed by atoms with van der Waals surface area (Å²) in [6.45, 7) is 0. The Bertz CT molecular complexity index is 2520. The number of benzene rings is 7. The molecule has 0 unspecified atom stereocenters. The Morgan fingerprint density at radius 1 is 0.340 bits per heavy atom. The molecule has 0 saturated heterocycles. The Morgan fingerprint density at radius 3 is 1.49 bits per heavy atom. The molecule has 0 aliphatic rings. The van der Waals surface area contributed by atoms with Crippen molar-refractivity contribution in [3.8, 4) is 51.0 Å². The van der Waals surface area contributed by atoms with E-state index in [0.29, 0.717) is 17.5 Å². The molecule has 2 heterocycles. The Labute approximate surface area is 272 Å². The van der Waals surface area contributed by atoms with Gasteiger partial charge in [-0.2, -0.15) is 0 Å². The molecule has 9 aromatic rings. The summed E-state index contributed by atoms with van der Waals surface area (Å²) in [5.41, 5.74) is 8.41. The minimum absolute atomic E-state index is 0.628. The quantitative estimate of drug-likeness (QED) is 0.197. The molecular formula is C43H28N4. The van der Waals surface area contributed by atoms with Gasteiger partial charge in [0.25, 0.3) is 0 Å². The predicted octanol–water partition coefficient (Wildman–Crippen LogP) is 10.8. The van der Waals surface area contributed by atoms with Crippen molar-refractivity contribution in [2.24, 2.45) is 0 Å². The number of hydrogen-bond donors (Lipinski definition) is 0. The smallest absolute Gasteiger partial charge is 0.164 e. The van der Waals surface area contributed by atoms with Crippen molar-refractivity contribution in [2.75, 3.05) is 0 Å². The van der Waals surface area contributed by atoms with Gasteiger partial charge in [0.1, 0.15) is 0 Å². The summed E-state index contributed by atoms with van der Waals surface area (Å²) in [6.07, 6.45) is 0. The largest absolute Gasteiger partial charge is 0.309 e. The highest BCUT2D eigenvalue weighted by molar-refractivity contribution is 6.09. The highest BCUT2D eigenvalue weighted by atomic mass is 15.0. The van der Waals surface area contributed by atoms with Gasteiger partial charge in [-0.3, -0.25) is 0 Å². The number of aromatic nitrogens is 4. The van der Waals surface area contributed by atoms with Crippen LogP contribution in [-0.2, 0) is 0 Å². The van der Waals surface area contributed by atoms with E-state index in [0.717, 1.165) is 49.9 Å². The lowest BCUT2D eigenvalue weighted by molar-refractivity contribution is 1.07. The van der Waals surface area contributed by atoms with Crippen LogP contribution in [0.3, 0.4) is 0 Å². The third-order valence-corrected chi connectivity index (χ3v) is 8.82. The molecule has 4 nitrogen and oxygen atoms in total. The van der Waals surface area contributed by atoms with Crippen LogP contribution in [0.15, 0.2) is 170 Å². The van der Waals surface area contributed by atoms with Crippen LogP contribution in [0.5, 0.6) is 0 Å². The summed E-state index contributed by atoms with van der Waals surface area (Å²) in [5, 5.41) is 4.77. The number of rotatable bonds is 5. The first-order valence-electron chi connectivity index (χ1n) is 15.8. The highest BCUT2D eigenvalue weighted by Crippen LogP contribution is 2.37. The van der Waals surface area contributed by atoms with Crippen LogP contribution in [0, 0.1) is 0 Å². The fourth-order valence-electron chi connectivity index (χ4n) is 6.61. The van der Waals surface area contributed by atoms with Gasteiger partial charge in [0.05, 0.1) is 11.0 Å². The topological polar surface area (TPSA) is 43.6 Å². The number of para-hydroxylation sites is 2. The maximum atomic E-state index is 5.21. The van der Waals surface area contributed by atoms with Gasteiger partial charge in [-0.05, 0) is 58.3 Å². The van der Waals surface area contributed by atoms with Gasteiger partial charge in [0, 0.05) is 33.2 Å².